The zero-order chi connectivity index (χ0) is 15.2. The van der Waals surface area contributed by atoms with Gasteiger partial charge in [0.15, 0.2) is 0 Å². The summed E-state index contributed by atoms with van der Waals surface area (Å²) in [5.74, 6) is -2.15. The number of methoxy groups -OCH3 is 1. The molecule has 0 fully saturated rings. The van der Waals surface area contributed by atoms with Crippen LogP contribution in [0.25, 0.3) is 0 Å². The Hall–Kier alpha value is -2.00. The van der Waals surface area contributed by atoms with Gasteiger partial charge in [0, 0.05) is 6.20 Å². The van der Waals surface area contributed by atoms with Crippen LogP contribution >= 0.6 is 0 Å². The summed E-state index contributed by atoms with van der Waals surface area (Å²) in [5, 5.41) is 8.79. The van der Waals surface area contributed by atoms with Crippen molar-refractivity contribution in [2.75, 3.05) is 12.9 Å². The summed E-state index contributed by atoms with van der Waals surface area (Å²) in [6.45, 7) is -0.148. The zero-order valence-electron chi connectivity index (χ0n) is 10.7. The molecule has 0 radical (unpaired) electrons. The molecular weight excluding hydrogens is 288 g/mol. The third-order valence-electron chi connectivity index (χ3n) is 2.34. The molecule has 1 rings (SSSR count). The number of nitrogens with zero attached hydrogens (tertiary/aromatic N) is 1. The Morgan fingerprint density at radius 2 is 2.15 bits per heavy atom. The van der Waals surface area contributed by atoms with Gasteiger partial charge in [0.1, 0.15) is 0 Å². The quantitative estimate of drug-likeness (QED) is 0.666. The minimum absolute atomic E-state index is 0.0174. The van der Waals surface area contributed by atoms with Gasteiger partial charge in [0.05, 0.1) is 37.1 Å². The molecule has 0 saturated carbocycles. The van der Waals surface area contributed by atoms with E-state index in [0.29, 0.717) is 0 Å². The summed E-state index contributed by atoms with van der Waals surface area (Å²) < 4.78 is 29.7. The fourth-order valence-corrected chi connectivity index (χ4v) is 2.23. The smallest absolute Gasteiger partial charge is 0.335 e. The molecule has 8 nitrogen and oxygen atoms in total. The van der Waals surface area contributed by atoms with Crippen LogP contribution in [-0.2, 0) is 26.1 Å². The average molecular weight is 302 g/mol. The van der Waals surface area contributed by atoms with Gasteiger partial charge in [-0.1, -0.05) is 0 Å². The molecule has 110 valence electrons. The maximum Gasteiger partial charge on any atom is 0.335 e. The van der Waals surface area contributed by atoms with Crippen LogP contribution in [0.15, 0.2) is 18.3 Å². The lowest BCUT2D eigenvalue weighted by Gasteiger charge is -2.06. The van der Waals surface area contributed by atoms with E-state index in [1.54, 1.807) is 0 Å². The number of carboxylic acid groups (broad SMARTS) is 1. The summed E-state index contributed by atoms with van der Waals surface area (Å²) >= 11 is 0. The summed E-state index contributed by atoms with van der Waals surface area (Å²) in [4.78, 5) is 25.5. The molecule has 1 aromatic heterocycles. The van der Waals surface area contributed by atoms with Gasteiger partial charge in [-0.2, -0.15) is 0 Å². The topological polar surface area (TPSA) is 123 Å². The first kappa shape index (κ1) is 16.1. The van der Waals surface area contributed by atoms with Gasteiger partial charge in [-0.15, -0.1) is 0 Å². The Balaban J connectivity index is 2.60. The Bertz CT molecular complexity index is 599. The molecule has 0 saturated heterocycles. The second-order valence-corrected chi connectivity index (χ2v) is 5.73. The summed E-state index contributed by atoms with van der Waals surface area (Å²) in [7, 11) is -2.49. The summed E-state index contributed by atoms with van der Waals surface area (Å²) in [6, 6.07) is 2.57. The number of hydrogen-bond acceptors (Lipinski definition) is 6. The minimum atomic E-state index is -3.66. The first-order valence-electron chi connectivity index (χ1n) is 5.56. The number of carbonyl (C=O) groups excluding carboxylic acids is 1. The van der Waals surface area contributed by atoms with Crippen molar-refractivity contribution in [2.45, 2.75) is 13.0 Å². The van der Waals surface area contributed by atoms with Crippen molar-refractivity contribution in [3.8, 4) is 0 Å². The van der Waals surface area contributed by atoms with Crippen molar-refractivity contribution in [3.05, 3.63) is 29.6 Å². The highest BCUT2D eigenvalue weighted by Gasteiger charge is 2.14. The molecule has 2 N–H and O–H groups in total. The largest absolute Gasteiger partial charge is 0.478 e. The zero-order valence-corrected chi connectivity index (χ0v) is 11.5. The van der Waals surface area contributed by atoms with Crippen molar-refractivity contribution >= 4 is 22.0 Å². The van der Waals surface area contributed by atoms with Gasteiger partial charge < -0.3 is 9.84 Å². The first-order valence-corrected chi connectivity index (χ1v) is 7.21. The monoisotopic (exact) mass is 302 g/mol. The predicted octanol–water partition coefficient (Wildman–Crippen LogP) is -0.238. The van der Waals surface area contributed by atoms with Crippen LogP contribution in [0.5, 0.6) is 0 Å². The van der Waals surface area contributed by atoms with Crippen molar-refractivity contribution in [3.63, 3.8) is 0 Å². The van der Waals surface area contributed by atoms with Crippen LogP contribution in [0.3, 0.4) is 0 Å². The molecule has 0 aliphatic carbocycles. The van der Waals surface area contributed by atoms with Gasteiger partial charge in [-0.25, -0.2) is 17.9 Å². The molecular formula is C11H14N2O6S. The van der Waals surface area contributed by atoms with E-state index < -0.39 is 27.7 Å². The highest BCUT2D eigenvalue weighted by Crippen LogP contribution is 2.02. The number of carboxylic acids is 1. The molecule has 20 heavy (non-hydrogen) atoms. The number of carbonyl (C=O) groups is 2. The predicted molar refractivity (Wildman–Crippen MR) is 68.5 cm³/mol. The van der Waals surface area contributed by atoms with Crippen LogP contribution in [0, 0.1) is 0 Å². The number of ether oxygens (including phenoxy) is 1. The van der Waals surface area contributed by atoms with E-state index in [9.17, 15) is 18.0 Å². The second-order valence-electron chi connectivity index (χ2n) is 3.81. The second kappa shape index (κ2) is 6.96. The van der Waals surface area contributed by atoms with E-state index in [4.69, 9.17) is 5.11 Å². The lowest BCUT2D eigenvalue weighted by molar-refractivity contribution is -0.140. The van der Waals surface area contributed by atoms with Crippen LogP contribution in [0.1, 0.15) is 22.5 Å². The molecule has 0 aliphatic rings. The number of sulfonamides is 1. The Kier molecular flexibility index (Phi) is 5.59. The Morgan fingerprint density at radius 3 is 2.75 bits per heavy atom. The maximum absolute atomic E-state index is 11.6. The van der Waals surface area contributed by atoms with Crippen molar-refractivity contribution in [2.24, 2.45) is 0 Å². The molecule has 0 aliphatic heterocycles. The molecule has 0 bridgehead atoms. The van der Waals surface area contributed by atoms with E-state index >= 15 is 0 Å². The normalized spacial score (nSPS) is 11.1. The van der Waals surface area contributed by atoms with Crippen molar-refractivity contribution in [1.82, 2.24) is 9.71 Å². The number of esters is 1. The number of nitrogens with one attached hydrogen (secondary N) is 1. The molecule has 1 aromatic rings. The fourth-order valence-electron chi connectivity index (χ4n) is 1.28. The fraction of sp³-hybridized carbons (Fsp3) is 0.364. The summed E-state index contributed by atoms with van der Waals surface area (Å²) in [5.41, 5.74) is 0.287. The van der Waals surface area contributed by atoms with E-state index in [0.717, 1.165) is 0 Å². The van der Waals surface area contributed by atoms with Crippen molar-refractivity contribution in [1.29, 1.82) is 0 Å². The summed E-state index contributed by atoms with van der Waals surface area (Å²) in [6.07, 6.45) is 1.02. The third-order valence-corrected chi connectivity index (χ3v) is 3.67. The number of hydrogen-bond donors (Lipinski definition) is 2. The SMILES string of the molecule is COC(=O)CCS(=O)(=O)NCc1cc(C(=O)O)ccn1. The Labute approximate surface area is 115 Å². The van der Waals surface area contributed by atoms with Gasteiger partial charge in [-0.05, 0) is 12.1 Å². The highest BCUT2D eigenvalue weighted by molar-refractivity contribution is 7.89. The van der Waals surface area contributed by atoms with Gasteiger partial charge in [-0.3, -0.25) is 9.78 Å². The van der Waals surface area contributed by atoms with E-state index in [1.165, 1.54) is 25.4 Å². The molecule has 0 atom stereocenters. The lowest BCUT2D eigenvalue weighted by Crippen LogP contribution is -2.27. The van der Waals surface area contributed by atoms with Gasteiger partial charge in [0.2, 0.25) is 10.0 Å². The van der Waals surface area contributed by atoms with Gasteiger partial charge >= 0.3 is 11.9 Å². The van der Waals surface area contributed by atoms with Gasteiger partial charge in [0.25, 0.3) is 0 Å². The number of pyridine rings is 1. The average Bonchev–Trinajstić information content (AvgIpc) is 2.43. The molecule has 1 heterocycles. The van der Waals surface area contributed by atoms with Crippen LogP contribution in [0.2, 0.25) is 0 Å². The molecule has 0 unspecified atom stereocenters. The van der Waals surface area contributed by atoms with Crippen LogP contribution in [0.4, 0.5) is 0 Å². The van der Waals surface area contributed by atoms with Crippen LogP contribution < -0.4 is 4.72 Å². The molecule has 9 heteroatoms. The Morgan fingerprint density at radius 1 is 1.45 bits per heavy atom. The third kappa shape index (κ3) is 5.33. The van der Waals surface area contributed by atoms with Crippen molar-refractivity contribution < 1.29 is 27.9 Å². The van der Waals surface area contributed by atoms with E-state index in [2.05, 4.69) is 14.4 Å². The lowest BCUT2D eigenvalue weighted by atomic mass is 10.2. The minimum Gasteiger partial charge on any atom is -0.478 e. The molecule has 0 aromatic carbocycles. The standard InChI is InChI=1S/C11H14N2O6S/c1-19-10(14)3-5-20(17,18)13-7-9-6-8(11(15)16)2-4-12-9/h2,4,6,13H,3,5,7H2,1H3,(H,15,16). The van der Waals surface area contributed by atoms with E-state index in [-0.39, 0.29) is 24.2 Å². The highest BCUT2D eigenvalue weighted by atomic mass is 32.2. The molecule has 0 spiro atoms. The first-order chi connectivity index (χ1) is 9.34. The molecule has 0 amide bonds. The van der Waals surface area contributed by atoms with Crippen LogP contribution in [-0.4, -0.2) is 43.3 Å². The number of aromatic nitrogens is 1. The number of rotatable bonds is 7. The number of aromatic carboxylic acids is 1. The van der Waals surface area contributed by atoms with E-state index in [1.807, 2.05) is 0 Å². The maximum atomic E-state index is 11.6.